The Bertz CT molecular complexity index is 320. The van der Waals surface area contributed by atoms with Crippen molar-refractivity contribution >= 4 is 44.3 Å². The first kappa shape index (κ1) is 10.9. The van der Waals surface area contributed by atoms with Gasteiger partial charge in [0, 0.05) is 6.54 Å². The molecule has 0 unspecified atom stereocenters. The predicted octanol–water partition coefficient (Wildman–Crippen LogP) is -0.608. The molecule has 1 aliphatic heterocycles. The maximum atomic E-state index is 11.0. The van der Waals surface area contributed by atoms with Gasteiger partial charge >= 0.3 is 0 Å². The van der Waals surface area contributed by atoms with E-state index < -0.39 is 15.9 Å². The molecule has 74 valence electrons. The third-order valence-electron chi connectivity index (χ3n) is 1.41. The molecule has 0 saturated carbocycles. The van der Waals surface area contributed by atoms with Crippen molar-refractivity contribution in [2.45, 2.75) is 0 Å². The van der Waals surface area contributed by atoms with Crippen LogP contribution in [0.25, 0.3) is 0 Å². The minimum Gasteiger partial charge on any atom is -0.748 e. The highest BCUT2D eigenvalue weighted by molar-refractivity contribution is 8.23. The zero-order chi connectivity index (χ0) is 10.1. The lowest BCUT2D eigenvalue weighted by atomic mass is 10.5. The Morgan fingerprint density at radius 3 is 2.62 bits per heavy atom. The number of thiocarbonyl (C=S) groups is 1. The van der Waals surface area contributed by atoms with Crippen LogP contribution in [0.1, 0.15) is 0 Å². The van der Waals surface area contributed by atoms with Gasteiger partial charge in [-0.1, -0.05) is 24.0 Å². The summed E-state index contributed by atoms with van der Waals surface area (Å²) >= 11 is 5.95. The third kappa shape index (κ3) is 3.22. The normalized spacial score (nSPS) is 18.4. The molecule has 13 heavy (non-hydrogen) atoms. The Morgan fingerprint density at radius 1 is 1.62 bits per heavy atom. The van der Waals surface area contributed by atoms with Gasteiger partial charge in [-0.15, -0.1) is 0 Å². The molecular weight excluding hydrogens is 234 g/mol. The van der Waals surface area contributed by atoms with Crippen molar-refractivity contribution < 1.29 is 17.8 Å². The van der Waals surface area contributed by atoms with Crippen molar-refractivity contribution in [3.8, 4) is 0 Å². The lowest BCUT2D eigenvalue weighted by molar-refractivity contribution is -0.123. The van der Waals surface area contributed by atoms with Crippen LogP contribution in [-0.2, 0) is 14.9 Å². The van der Waals surface area contributed by atoms with E-state index in [-0.39, 0.29) is 18.2 Å². The van der Waals surface area contributed by atoms with Crippen LogP contribution < -0.4 is 0 Å². The molecule has 1 saturated heterocycles. The molecule has 0 aromatic rings. The summed E-state index contributed by atoms with van der Waals surface area (Å²) in [6, 6.07) is 0. The van der Waals surface area contributed by atoms with Gasteiger partial charge in [0.2, 0.25) is 5.91 Å². The van der Waals surface area contributed by atoms with Gasteiger partial charge in [-0.05, 0) is 0 Å². The minimum atomic E-state index is -4.27. The quantitative estimate of drug-likeness (QED) is 0.484. The third-order valence-corrected chi connectivity index (χ3v) is 3.52. The molecule has 1 heterocycles. The zero-order valence-corrected chi connectivity index (χ0v) is 8.88. The van der Waals surface area contributed by atoms with Gasteiger partial charge in [0.1, 0.15) is 4.32 Å². The molecule has 0 aliphatic carbocycles. The Hall–Kier alpha value is -0.180. The maximum absolute atomic E-state index is 11.0. The molecule has 1 fully saturated rings. The van der Waals surface area contributed by atoms with Crippen molar-refractivity contribution in [3.05, 3.63) is 0 Å². The van der Waals surface area contributed by atoms with Crippen LogP contribution in [0.2, 0.25) is 0 Å². The van der Waals surface area contributed by atoms with E-state index in [4.69, 9.17) is 12.2 Å². The summed E-state index contributed by atoms with van der Waals surface area (Å²) in [6.45, 7) is -0.128. The number of rotatable bonds is 3. The van der Waals surface area contributed by atoms with Crippen LogP contribution in [-0.4, -0.2) is 46.1 Å². The summed E-state index contributed by atoms with van der Waals surface area (Å²) in [5.74, 6) is -0.587. The summed E-state index contributed by atoms with van der Waals surface area (Å²) in [4.78, 5) is 12.2. The molecule has 5 nitrogen and oxygen atoms in total. The molecule has 0 bridgehead atoms. The van der Waals surface area contributed by atoms with Crippen molar-refractivity contribution in [2.75, 3.05) is 18.1 Å². The molecule has 8 heteroatoms. The molecule has 0 N–H and O–H groups in total. The predicted molar refractivity (Wildman–Crippen MR) is 51.3 cm³/mol. The Balaban J connectivity index is 2.54. The van der Waals surface area contributed by atoms with Gasteiger partial charge < -0.3 is 4.55 Å². The van der Waals surface area contributed by atoms with Gasteiger partial charge in [-0.2, -0.15) is 0 Å². The molecular formula is C5H6NO4S3-. The van der Waals surface area contributed by atoms with Crippen LogP contribution in [0.15, 0.2) is 0 Å². The second kappa shape index (κ2) is 3.91. The van der Waals surface area contributed by atoms with E-state index in [0.717, 1.165) is 4.90 Å². The van der Waals surface area contributed by atoms with Crippen LogP contribution in [0.3, 0.4) is 0 Å². The first-order valence-corrected chi connectivity index (χ1v) is 6.28. The standard InChI is InChI=1S/C5H7NO4S3/c7-4-3-12-5(11)6(4)1-2-13(8,9)10/h1-3H2,(H,8,9,10)/p-1. The summed E-state index contributed by atoms with van der Waals surface area (Å²) < 4.78 is 31.1. The molecule has 0 spiro atoms. The number of amides is 1. The highest BCUT2D eigenvalue weighted by Crippen LogP contribution is 2.18. The molecule has 1 aliphatic rings. The number of hydrogen-bond acceptors (Lipinski definition) is 6. The molecule has 0 aromatic carbocycles. The molecule has 0 radical (unpaired) electrons. The van der Waals surface area contributed by atoms with E-state index in [1.54, 1.807) is 0 Å². The Morgan fingerprint density at radius 2 is 2.23 bits per heavy atom. The SMILES string of the molecule is O=C1CSC(=S)N1CCS(=O)(=O)[O-]. The summed E-state index contributed by atoms with van der Waals surface area (Å²) in [5.41, 5.74) is 0. The lowest BCUT2D eigenvalue weighted by Gasteiger charge is -2.15. The van der Waals surface area contributed by atoms with Gasteiger partial charge in [-0.25, -0.2) is 8.42 Å². The van der Waals surface area contributed by atoms with Gasteiger partial charge in [0.25, 0.3) is 0 Å². The summed E-state index contributed by atoms with van der Waals surface area (Å²) in [6.07, 6.45) is 0. The Kier molecular flexibility index (Phi) is 3.28. The smallest absolute Gasteiger partial charge is 0.238 e. The van der Waals surface area contributed by atoms with E-state index in [1.165, 1.54) is 11.8 Å². The first-order chi connectivity index (χ1) is 5.90. The topological polar surface area (TPSA) is 77.5 Å². The lowest BCUT2D eigenvalue weighted by Crippen LogP contribution is -2.33. The van der Waals surface area contributed by atoms with Crippen LogP contribution in [0.5, 0.6) is 0 Å². The van der Waals surface area contributed by atoms with E-state index >= 15 is 0 Å². The largest absolute Gasteiger partial charge is 0.748 e. The van der Waals surface area contributed by atoms with Gasteiger partial charge in [-0.3, -0.25) is 9.69 Å². The van der Waals surface area contributed by atoms with Gasteiger partial charge in [0.15, 0.2) is 0 Å². The highest BCUT2D eigenvalue weighted by atomic mass is 32.2. The van der Waals surface area contributed by atoms with Crippen molar-refractivity contribution in [2.24, 2.45) is 0 Å². The average Bonchev–Trinajstić information content (AvgIpc) is 2.27. The fourth-order valence-corrected chi connectivity index (χ4v) is 2.33. The number of hydrogen-bond donors (Lipinski definition) is 0. The Labute approximate surface area is 85.2 Å². The van der Waals surface area contributed by atoms with Crippen molar-refractivity contribution in [1.82, 2.24) is 4.90 Å². The fraction of sp³-hybridized carbons (Fsp3) is 0.600. The molecule has 1 rings (SSSR count). The number of carbonyl (C=O) groups excluding carboxylic acids is 1. The van der Waals surface area contributed by atoms with Gasteiger partial charge in [0.05, 0.1) is 21.6 Å². The van der Waals surface area contributed by atoms with E-state index in [9.17, 15) is 17.8 Å². The zero-order valence-electron chi connectivity index (χ0n) is 6.43. The van der Waals surface area contributed by atoms with Crippen molar-refractivity contribution in [3.63, 3.8) is 0 Å². The average molecular weight is 240 g/mol. The summed E-state index contributed by atoms with van der Waals surface area (Å²) in [7, 11) is -4.27. The second-order valence-corrected chi connectivity index (χ2v) is 5.49. The van der Waals surface area contributed by atoms with Crippen LogP contribution in [0.4, 0.5) is 0 Å². The van der Waals surface area contributed by atoms with E-state index in [0.29, 0.717) is 4.32 Å². The van der Waals surface area contributed by atoms with Crippen molar-refractivity contribution in [1.29, 1.82) is 0 Å². The maximum Gasteiger partial charge on any atom is 0.238 e. The van der Waals surface area contributed by atoms with E-state index in [2.05, 4.69) is 0 Å². The molecule has 0 atom stereocenters. The minimum absolute atomic E-state index is 0.128. The highest BCUT2D eigenvalue weighted by Gasteiger charge is 2.26. The van der Waals surface area contributed by atoms with Crippen LogP contribution >= 0.6 is 24.0 Å². The monoisotopic (exact) mass is 240 g/mol. The van der Waals surface area contributed by atoms with Crippen LogP contribution in [0, 0.1) is 0 Å². The van der Waals surface area contributed by atoms with E-state index in [1.807, 2.05) is 0 Å². The fourth-order valence-electron chi connectivity index (χ4n) is 0.800. The summed E-state index contributed by atoms with van der Waals surface area (Å²) in [5, 5.41) is 0. The first-order valence-electron chi connectivity index (χ1n) is 3.31. The number of thioether (sulfide) groups is 1. The second-order valence-electron chi connectivity index (χ2n) is 2.36. The molecule has 0 aromatic heterocycles. The number of nitrogens with zero attached hydrogens (tertiary/aromatic N) is 1. The number of carbonyl (C=O) groups is 1. The molecule has 1 amide bonds.